The number of hydrogen-bond acceptors (Lipinski definition) is 3. The van der Waals surface area contributed by atoms with Gasteiger partial charge >= 0.3 is 0 Å². The Balaban J connectivity index is 1.86. The summed E-state index contributed by atoms with van der Waals surface area (Å²) in [6.45, 7) is 2.06. The molecule has 110 valence electrons. The van der Waals surface area contributed by atoms with Crippen molar-refractivity contribution in [3.8, 4) is 0 Å². The highest BCUT2D eigenvalue weighted by molar-refractivity contribution is 7.89. The van der Waals surface area contributed by atoms with E-state index in [0.29, 0.717) is 12.8 Å². The topological polar surface area (TPSA) is 89.3 Å². The summed E-state index contributed by atoms with van der Waals surface area (Å²) in [5, 5.41) is 8.07. The van der Waals surface area contributed by atoms with Crippen LogP contribution < -0.4 is 10.5 Å². The molecule has 0 spiro atoms. The van der Waals surface area contributed by atoms with E-state index < -0.39 is 10.0 Å². The third kappa shape index (κ3) is 3.80. The lowest BCUT2D eigenvalue weighted by atomic mass is 9.78. The highest BCUT2D eigenvalue weighted by atomic mass is 32.2. The molecule has 0 aliphatic heterocycles. The van der Waals surface area contributed by atoms with Gasteiger partial charge in [0.05, 0.1) is 4.90 Å². The maximum Gasteiger partial charge on any atom is 0.238 e. The Bertz CT molecular complexity index is 589. The van der Waals surface area contributed by atoms with Gasteiger partial charge in [0.15, 0.2) is 0 Å². The number of benzene rings is 1. The Morgan fingerprint density at radius 3 is 2.35 bits per heavy atom. The number of primary sulfonamides is 1. The van der Waals surface area contributed by atoms with Gasteiger partial charge in [-0.1, -0.05) is 12.1 Å². The summed E-state index contributed by atoms with van der Waals surface area (Å²) in [4.78, 5) is 11.9. The summed E-state index contributed by atoms with van der Waals surface area (Å²) >= 11 is 0. The quantitative estimate of drug-likeness (QED) is 0.859. The van der Waals surface area contributed by atoms with Gasteiger partial charge in [-0.15, -0.1) is 0 Å². The fourth-order valence-electron chi connectivity index (χ4n) is 2.33. The Kier molecular flexibility index (Phi) is 4.15. The van der Waals surface area contributed by atoms with Gasteiger partial charge in [-0.25, -0.2) is 13.6 Å². The minimum atomic E-state index is -3.65. The van der Waals surface area contributed by atoms with E-state index in [1.54, 1.807) is 12.1 Å². The molecule has 0 radical (unpaired) electrons. The van der Waals surface area contributed by atoms with Crippen molar-refractivity contribution in [2.45, 2.75) is 49.5 Å². The Morgan fingerprint density at radius 1 is 1.30 bits per heavy atom. The van der Waals surface area contributed by atoms with E-state index in [1.807, 2.05) is 0 Å². The molecule has 1 amide bonds. The van der Waals surface area contributed by atoms with Crippen molar-refractivity contribution in [1.82, 2.24) is 5.32 Å². The summed E-state index contributed by atoms with van der Waals surface area (Å²) in [7, 11) is -3.65. The number of sulfonamides is 1. The first-order chi connectivity index (χ1) is 9.28. The van der Waals surface area contributed by atoms with Crippen LogP contribution in [0.1, 0.15) is 38.2 Å². The molecular weight excluding hydrogens is 276 g/mol. The fraction of sp³-hybridized carbons (Fsp3) is 0.500. The van der Waals surface area contributed by atoms with Crippen molar-refractivity contribution in [3.05, 3.63) is 29.8 Å². The molecule has 0 heterocycles. The molecule has 2 rings (SSSR count). The van der Waals surface area contributed by atoms with Crippen molar-refractivity contribution in [2.24, 2.45) is 5.14 Å². The average molecular weight is 296 g/mol. The molecule has 3 N–H and O–H groups in total. The first-order valence-corrected chi connectivity index (χ1v) is 8.26. The highest BCUT2D eigenvalue weighted by Crippen LogP contribution is 2.30. The maximum absolute atomic E-state index is 11.8. The number of nitrogens with one attached hydrogen (secondary N) is 1. The zero-order valence-electron chi connectivity index (χ0n) is 11.6. The van der Waals surface area contributed by atoms with E-state index >= 15 is 0 Å². The molecule has 0 bridgehead atoms. The molecule has 0 saturated heterocycles. The number of nitrogens with two attached hydrogens (primary N) is 1. The normalized spacial score (nSPS) is 17.3. The zero-order valence-corrected chi connectivity index (χ0v) is 12.4. The van der Waals surface area contributed by atoms with Gasteiger partial charge in [-0.05, 0) is 50.3 Å². The average Bonchev–Trinajstić information content (AvgIpc) is 2.34. The molecule has 6 heteroatoms. The van der Waals surface area contributed by atoms with Crippen molar-refractivity contribution in [3.63, 3.8) is 0 Å². The zero-order chi connectivity index (χ0) is 14.8. The number of aryl methyl sites for hydroxylation is 1. The molecule has 1 aromatic rings. The van der Waals surface area contributed by atoms with Crippen LogP contribution in [0.15, 0.2) is 29.2 Å². The van der Waals surface area contributed by atoms with Crippen molar-refractivity contribution in [2.75, 3.05) is 0 Å². The van der Waals surface area contributed by atoms with Crippen LogP contribution in [0.25, 0.3) is 0 Å². The number of carbonyl (C=O) groups excluding carboxylic acids is 1. The van der Waals surface area contributed by atoms with Crippen molar-refractivity contribution < 1.29 is 13.2 Å². The fourth-order valence-corrected chi connectivity index (χ4v) is 2.85. The molecule has 1 aliphatic carbocycles. The summed E-state index contributed by atoms with van der Waals surface area (Å²) in [6, 6.07) is 6.32. The number of carbonyl (C=O) groups is 1. The van der Waals surface area contributed by atoms with E-state index in [2.05, 4.69) is 12.2 Å². The molecule has 20 heavy (non-hydrogen) atoms. The molecule has 5 nitrogen and oxygen atoms in total. The Hall–Kier alpha value is -1.40. The summed E-state index contributed by atoms with van der Waals surface area (Å²) in [5.74, 6) is 0.0442. The van der Waals surface area contributed by atoms with Gasteiger partial charge in [0, 0.05) is 12.0 Å². The van der Waals surface area contributed by atoms with Crippen molar-refractivity contribution >= 4 is 15.9 Å². The van der Waals surface area contributed by atoms with Crippen LogP contribution >= 0.6 is 0 Å². The number of amides is 1. The lowest BCUT2D eigenvalue weighted by Gasteiger charge is -2.39. The number of hydrogen-bond donors (Lipinski definition) is 2. The van der Waals surface area contributed by atoms with Crippen LogP contribution in [0.2, 0.25) is 0 Å². The van der Waals surface area contributed by atoms with E-state index in [9.17, 15) is 13.2 Å². The lowest BCUT2D eigenvalue weighted by molar-refractivity contribution is -0.123. The third-order valence-corrected chi connectivity index (χ3v) is 4.72. The van der Waals surface area contributed by atoms with E-state index in [-0.39, 0.29) is 16.3 Å². The van der Waals surface area contributed by atoms with Gasteiger partial charge in [0.1, 0.15) is 0 Å². The second kappa shape index (κ2) is 5.54. The SMILES string of the molecule is CC1(NC(=O)CCc2ccc(S(N)(=O)=O)cc2)CCC1. The minimum Gasteiger partial charge on any atom is -0.351 e. The highest BCUT2D eigenvalue weighted by Gasteiger charge is 2.32. The monoisotopic (exact) mass is 296 g/mol. The Morgan fingerprint density at radius 2 is 1.90 bits per heavy atom. The summed E-state index contributed by atoms with van der Waals surface area (Å²) in [6.07, 6.45) is 4.26. The standard InChI is InChI=1S/C14H20N2O3S/c1-14(9-2-10-14)16-13(17)8-5-11-3-6-12(7-4-11)20(15,18)19/h3-4,6-7H,2,5,8-10H2,1H3,(H,16,17)(H2,15,18,19). The second-order valence-electron chi connectivity index (χ2n) is 5.65. The molecule has 1 aliphatic rings. The largest absolute Gasteiger partial charge is 0.351 e. The number of rotatable bonds is 5. The summed E-state index contributed by atoms with van der Waals surface area (Å²) < 4.78 is 22.2. The van der Waals surface area contributed by atoms with Crippen LogP contribution in [0.4, 0.5) is 0 Å². The van der Waals surface area contributed by atoms with Crippen LogP contribution in [0.5, 0.6) is 0 Å². The first-order valence-electron chi connectivity index (χ1n) is 6.71. The molecule has 0 aromatic heterocycles. The molecule has 0 unspecified atom stereocenters. The van der Waals surface area contributed by atoms with Crippen LogP contribution in [0, 0.1) is 0 Å². The van der Waals surface area contributed by atoms with Gasteiger partial charge in [0.25, 0.3) is 0 Å². The van der Waals surface area contributed by atoms with Gasteiger partial charge in [-0.2, -0.15) is 0 Å². The van der Waals surface area contributed by atoms with Gasteiger partial charge in [-0.3, -0.25) is 4.79 Å². The third-order valence-electron chi connectivity index (χ3n) is 3.79. The molecule has 1 saturated carbocycles. The maximum atomic E-state index is 11.8. The van der Waals surface area contributed by atoms with Gasteiger partial charge in [0.2, 0.25) is 15.9 Å². The van der Waals surface area contributed by atoms with Gasteiger partial charge < -0.3 is 5.32 Å². The first kappa shape index (κ1) is 15.0. The van der Waals surface area contributed by atoms with Crippen LogP contribution in [-0.4, -0.2) is 19.9 Å². The van der Waals surface area contributed by atoms with Crippen LogP contribution in [0.3, 0.4) is 0 Å². The summed E-state index contributed by atoms with van der Waals surface area (Å²) in [5.41, 5.74) is 0.903. The van der Waals surface area contributed by atoms with Crippen LogP contribution in [-0.2, 0) is 21.2 Å². The van der Waals surface area contributed by atoms with Crippen molar-refractivity contribution in [1.29, 1.82) is 0 Å². The molecular formula is C14H20N2O3S. The molecule has 1 aromatic carbocycles. The van der Waals surface area contributed by atoms with E-state index in [0.717, 1.165) is 18.4 Å². The smallest absolute Gasteiger partial charge is 0.238 e. The van der Waals surface area contributed by atoms with E-state index in [1.165, 1.54) is 18.6 Å². The Labute approximate surface area is 119 Å². The lowest BCUT2D eigenvalue weighted by Crippen LogP contribution is -2.50. The second-order valence-corrected chi connectivity index (χ2v) is 7.21. The molecule has 1 fully saturated rings. The predicted octanol–water partition coefficient (Wildman–Crippen LogP) is 1.33. The van der Waals surface area contributed by atoms with E-state index in [4.69, 9.17) is 5.14 Å². The minimum absolute atomic E-state index is 0.0193. The molecule has 0 atom stereocenters. The predicted molar refractivity (Wildman–Crippen MR) is 76.5 cm³/mol.